The molecule has 1 unspecified atom stereocenters. The Morgan fingerprint density at radius 3 is 2.65 bits per heavy atom. The standard InChI is InChI=1S/C22H20N2O.C8H17N/c1-13-2-3-14-4-7-17-18(8-9-20(17)25)21(14)19-12-15(5-6-16(13)19)22-23-10-11-24-22;1-2-6-9-7-4-3-5-8-9/h4-7,10-13H,2-3,8-9H2,1H3,(H,23,24);2-8H2,1H3. The van der Waals surface area contributed by atoms with E-state index in [0.29, 0.717) is 18.1 Å². The number of nitrogens with zero attached hydrogens (tertiary/aromatic N) is 2. The lowest BCUT2D eigenvalue weighted by Crippen LogP contribution is -2.30. The van der Waals surface area contributed by atoms with Gasteiger partial charge in [-0.15, -0.1) is 0 Å². The van der Waals surface area contributed by atoms with Gasteiger partial charge in [-0.3, -0.25) is 4.79 Å². The van der Waals surface area contributed by atoms with E-state index in [1.54, 1.807) is 6.20 Å². The van der Waals surface area contributed by atoms with Gasteiger partial charge in [-0.05, 0) is 98.0 Å². The number of nitrogens with one attached hydrogen (secondary N) is 1. The first kappa shape index (κ1) is 23.0. The molecule has 1 aliphatic heterocycles. The highest BCUT2D eigenvalue weighted by molar-refractivity contribution is 6.03. The van der Waals surface area contributed by atoms with E-state index in [9.17, 15) is 4.79 Å². The number of H-pyrrole nitrogens is 1. The first-order valence-corrected chi connectivity index (χ1v) is 13.2. The minimum absolute atomic E-state index is 0.291. The molecule has 0 radical (unpaired) electrons. The molecule has 1 N–H and O–H groups in total. The van der Waals surface area contributed by atoms with Gasteiger partial charge in [0.1, 0.15) is 5.82 Å². The number of fused-ring (bicyclic) bond motifs is 5. The smallest absolute Gasteiger partial charge is 0.163 e. The molecule has 6 rings (SSSR count). The van der Waals surface area contributed by atoms with Crippen LogP contribution in [0, 0.1) is 0 Å². The molecular weight excluding hydrogens is 418 g/mol. The number of hydrogen-bond acceptors (Lipinski definition) is 3. The number of piperidine rings is 1. The number of imidazole rings is 1. The lowest BCUT2D eigenvalue weighted by molar-refractivity contribution is 0.0994. The van der Waals surface area contributed by atoms with Gasteiger partial charge in [-0.2, -0.15) is 0 Å². The third-order valence-corrected chi connectivity index (χ3v) is 7.76. The summed E-state index contributed by atoms with van der Waals surface area (Å²) in [7, 11) is 0. The molecule has 0 saturated carbocycles. The SMILES string of the molecule is CC1CCc2ccc3c(c2-c2cc(-c4ncc[nH]4)ccc21)CCC3=O.CCCN1CCCCC1. The number of carbonyl (C=O) groups is 1. The summed E-state index contributed by atoms with van der Waals surface area (Å²) < 4.78 is 0. The van der Waals surface area contributed by atoms with Gasteiger partial charge < -0.3 is 9.88 Å². The van der Waals surface area contributed by atoms with E-state index < -0.39 is 0 Å². The van der Waals surface area contributed by atoms with Gasteiger partial charge in [0.2, 0.25) is 0 Å². The molecule has 0 amide bonds. The lowest BCUT2D eigenvalue weighted by atomic mass is 9.87. The molecule has 1 fully saturated rings. The Morgan fingerprint density at radius 1 is 1.03 bits per heavy atom. The second-order valence-electron chi connectivity index (χ2n) is 10.1. The molecular formula is C30H37N3O. The third-order valence-electron chi connectivity index (χ3n) is 7.76. The Hall–Kier alpha value is -2.72. The number of ketones is 1. The van der Waals surface area contributed by atoms with Gasteiger partial charge in [0, 0.05) is 29.9 Å². The van der Waals surface area contributed by atoms with Crippen LogP contribution >= 0.6 is 0 Å². The summed E-state index contributed by atoms with van der Waals surface area (Å²) >= 11 is 0. The quantitative estimate of drug-likeness (QED) is 0.472. The van der Waals surface area contributed by atoms with E-state index in [2.05, 4.69) is 59.0 Å². The van der Waals surface area contributed by atoms with Crippen molar-refractivity contribution in [2.24, 2.45) is 0 Å². The predicted molar refractivity (Wildman–Crippen MR) is 139 cm³/mol. The number of Topliss-reactive ketones (excluding diaryl/α,β-unsaturated/α-hetero) is 1. The molecule has 2 aromatic carbocycles. The first-order valence-electron chi connectivity index (χ1n) is 13.2. The summed E-state index contributed by atoms with van der Waals surface area (Å²) in [6, 6.07) is 10.9. The molecule has 1 saturated heterocycles. The molecule has 3 aromatic rings. The van der Waals surface area contributed by atoms with Crippen LogP contribution in [0.2, 0.25) is 0 Å². The predicted octanol–water partition coefficient (Wildman–Crippen LogP) is 6.80. The second-order valence-corrected chi connectivity index (χ2v) is 10.1. The van der Waals surface area contributed by atoms with E-state index >= 15 is 0 Å². The van der Waals surface area contributed by atoms with Crippen molar-refractivity contribution in [3.05, 3.63) is 65.0 Å². The fraction of sp³-hybridized carbons (Fsp3) is 0.467. The monoisotopic (exact) mass is 455 g/mol. The van der Waals surface area contributed by atoms with Gasteiger partial charge in [-0.1, -0.05) is 44.5 Å². The number of carbonyl (C=O) groups excluding carboxylic acids is 1. The van der Waals surface area contributed by atoms with Crippen LogP contribution in [0.3, 0.4) is 0 Å². The van der Waals surface area contributed by atoms with Crippen molar-refractivity contribution in [3.8, 4) is 22.5 Å². The maximum absolute atomic E-state index is 12.3. The summed E-state index contributed by atoms with van der Waals surface area (Å²) in [5.74, 6) is 1.70. The first-order chi connectivity index (χ1) is 16.7. The molecule has 0 bridgehead atoms. The zero-order chi connectivity index (χ0) is 23.5. The fourth-order valence-corrected chi connectivity index (χ4v) is 5.93. The average molecular weight is 456 g/mol. The van der Waals surface area contributed by atoms with E-state index in [1.165, 1.54) is 73.1 Å². The van der Waals surface area contributed by atoms with E-state index in [0.717, 1.165) is 36.2 Å². The van der Waals surface area contributed by atoms with Crippen molar-refractivity contribution in [2.75, 3.05) is 19.6 Å². The van der Waals surface area contributed by atoms with Gasteiger partial charge in [0.25, 0.3) is 0 Å². The Bertz CT molecular complexity index is 1140. The Labute approximate surface area is 203 Å². The number of aryl methyl sites for hydroxylation is 1. The van der Waals surface area contributed by atoms with Crippen LogP contribution in [0.25, 0.3) is 22.5 Å². The summed E-state index contributed by atoms with van der Waals surface area (Å²) in [4.78, 5) is 22.4. The number of rotatable bonds is 3. The molecule has 0 spiro atoms. The van der Waals surface area contributed by atoms with E-state index in [1.807, 2.05) is 6.20 Å². The Morgan fingerprint density at radius 2 is 1.88 bits per heavy atom. The van der Waals surface area contributed by atoms with Crippen molar-refractivity contribution in [3.63, 3.8) is 0 Å². The van der Waals surface area contributed by atoms with Crippen LogP contribution in [-0.4, -0.2) is 40.3 Å². The van der Waals surface area contributed by atoms with E-state index in [-0.39, 0.29) is 0 Å². The number of aromatic amines is 1. The fourth-order valence-electron chi connectivity index (χ4n) is 5.93. The van der Waals surface area contributed by atoms with Crippen LogP contribution in [0.5, 0.6) is 0 Å². The number of hydrogen-bond donors (Lipinski definition) is 1. The van der Waals surface area contributed by atoms with Crippen molar-refractivity contribution in [2.45, 2.75) is 71.1 Å². The Balaban J connectivity index is 0.000000227. The van der Waals surface area contributed by atoms with Crippen LogP contribution in [0.15, 0.2) is 42.7 Å². The zero-order valence-electron chi connectivity index (χ0n) is 20.7. The number of likely N-dealkylation sites (tertiary alicyclic amines) is 1. The van der Waals surface area contributed by atoms with Gasteiger partial charge >= 0.3 is 0 Å². The zero-order valence-corrected chi connectivity index (χ0v) is 20.7. The van der Waals surface area contributed by atoms with Crippen LogP contribution in [-0.2, 0) is 12.8 Å². The molecule has 3 aliphatic rings. The van der Waals surface area contributed by atoms with Crippen LogP contribution in [0.1, 0.15) is 85.3 Å². The summed E-state index contributed by atoms with van der Waals surface area (Å²) in [6.45, 7) is 8.60. The largest absolute Gasteiger partial charge is 0.345 e. The highest BCUT2D eigenvalue weighted by Gasteiger charge is 2.28. The Kier molecular flexibility index (Phi) is 6.96. The lowest BCUT2D eigenvalue weighted by Gasteiger charge is -2.25. The molecule has 1 aromatic heterocycles. The van der Waals surface area contributed by atoms with Crippen molar-refractivity contribution >= 4 is 5.78 Å². The maximum Gasteiger partial charge on any atom is 0.163 e. The number of benzene rings is 2. The third kappa shape index (κ3) is 4.61. The molecule has 4 heteroatoms. The molecule has 2 heterocycles. The van der Waals surface area contributed by atoms with Gasteiger partial charge in [0.15, 0.2) is 5.78 Å². The van der Waals surface area contributed by atoms with Crippen molar-refractivity contribution in [1.82, 2.24) is 14.9 Å². The number of aromatic nitrogens is 2. The van der Waals surface area contributed by atoms with Crippen molar-refractivity contribution in [1.29, 1.82) is 0 Å². The molecule has 4 nitrogen and oxygen atoms in total. The average Bonchev–Trinajstić information content (AvgIpc) is 3.51. The minimum atomic E-state index is 0.291. The molecule has 1 atom stereocenters. The normalized spacial score (nSPS) is 19.5. The maximum atomic E-state index is 12.3. The molecule has 2 aliphatic carbocycles. The highest BCUT2D eigenvalue weighted by atomic mass is 16.1. The minimum Gasteiger partial charge on any atom is -0.345 e. The summed E-state index contributed by atoms with van der Waals surface area (Å²) in [5.41, 5.74) is 8.68. The van der Waals surface area contributed by atoms with Gasteiger partial charge in [-0.25, -0.2) is 4.98 Å². The molecule has 178 valence electrons. The second kappa shape index (κ2) is 10.3. The summed E-state index contributed by atoms with van der Waals surface area (Å²) in [6.07, 6.45) is 13.0. The highest BCUT2D eigenvalue weighted by Crippen LogP contribution is 2.44. The molecule has 34 heavy (non-hydrogen) atoms. The van der Waals surface area contributed by atoms with E-state index in [4.69, 9.17) is 0 Å². The summed E-state index contributed by atoms with van der Waals surface area (Å²) in [5, 5.41) is 0. The van der Waals surface area contributed by atoms with Crippen LogP contribution in [0.4, 0.5) is 0 Å². The topological polar surface area (TPSA) is 49.0 Å². The van der Waals surface area contributed by atoms with Gasteiger partial charge in [0.05, 0.1) is 0 Å². The van der Waals surface area contributed by atoms with Crippen LogP contribution < -0.4 is 0 Å². The van der Waals surface area contributed by atoms with Crippen molar-refractivity contribution < 1.29 is 4.79 Å².